The van der Waals surface area contributed by atoms with Gasteiger partial charge in [-0.25, -0.2) is 9.59 Å². The summed E-state index contributed by atoms with van der Waals surface area (Å²) in [6.45, 7) is 1.59. The van der Waals surface area contributed by atoms with Gasteiger partial charge in [-0.3, -0.25) is 19.2 Å². The Morgan fingerprint density at radius 2 is 0.865 bits per heavy atom. The number of urea groups is 2. The number of esters is 1. The molecule has 2 aliphatic rings. The fourth-order valence-electron chi connectivity index (χ4n) is 9.42. The molecule has 0 aliphatic heterocycles. The van der Waals surface area contributed by atoms with Gasteiger partial charge in [0.15, 0.2) is 11.6 Å². The minimum absolute atomic E-state index is 0.0288. The molecule has 0 aromatic heterocycles. The minimum atomic E-state index is -4.66. The standard InChI is InChI=1S/C29H27F3N2O4.C27H23F3N2O4/c1-2-38-25(35)17-28(18-29(30,31)32)15-14-21-16-20(10-13-24(21)26(28)36)19-8-11-23(12-9-19)34-27(37)33-22-6-4-3-5-7-22;28-27(29,30)16-26(15-23(33)34)13-12-19-14-18(8-11-22(19)24(26)35)17-6-9-21(10-7-17)32-25(36)31-20-4-2-1-3-5-20/h3-13,16H,2,14-15,17-18H2,1H3,(H2,33,34,37);1-11,14H,12-13,15-16H2,(H,33,34)(H2,31,32,36). The van der Waals surface area contributed by atoms with Crippen molar-refractivity contribution in [2.24, 2.45) is 10.8 Å². The number of halogens is 6. The largest absolute Gasteiger partial charge is 0.481 e. The number of para-hydroxylation sites is 2. The van der Waals surface area contributed by atoms with Crippen molar-refractivity contribution in [2.75, 3.05) is 27.9 Å². The molecule has 0 saturated carbocycles. The third kappa shape index (κ3) is 13.8. The van der Waals surface area contributed by atoms with Crippen LogP contribution in [0.1, 0.15) is 77.3 Å². The van der Waals surface area contributed by atoms with Crippen LogP contribution in [0.15, 0.2) is 146 Å². The molecule has 0 radical (unpaired) electrons. The van der Waals surface area contributed by atoms with E-state index in [0.717, 1.165) is 22.3 Å². The lowest BCUT2D eigenvalue weighted by atomic mass is 9.66. The van der Waals surface area contributed by atoms with Crippen LogP contribution in [0.2, 0.25) is 0 Å². The van der Waals surface area contributed by atoms with Gasteiger partial charge in [0, 0.05) is 33.9 Å². The van der Waals surface area contributed by atoms with Crippen LogP contribution in [0, 0.1) is 10.8 Å². The Labute approximate surface area is 421 Å². The number of ketones is 2. The molecule has 8 rings (SSSR count). The number of hydrogen-bond donors (Lipinski definition) is 5. The van der Waals surface area contributed by atoms with Gasteiger partial charge < -0.3 is 31.1 Å². The fraction of sp³-hybridized carbons (Fsp3) is 0.250. The lowest BCUT2D eigenvalue weighted by molar-refractivity contribution is -0.163. The first-order valence-electron chi connectivity index (χ1n) is 23.5. The van der Waals surface area contributed by atoms with Gasteiger partial charge in [0.2, 0.25) is 0 Å². The van der Waals surface area contributed by atoms with Crippen molar-refractivity contribution in [2.45, 2.75) is 70.6 Å². The number of Topliss-reactive ketones (excluding diaryl/α,β-unsaturated/α-hetero) is 2. The molecule has 6 aromatic rings. The number of anilines is 4. The molecule has 2 atom stereocenters. The van der Waals surface area contributed by atoms with E-state index in [2.05, 4.69) is 21.3 Å². The second kappa shape index (κ2) is 22.6. The molecular formula is C56H50F6N4O8. The quantitative estimate of drug-likeness (QED) is 0.0560. The average molecular weight is 1020 g/mol. The van der Waals surface area contributed by atoms with Crippen molar-refractivity contribution >= 4 is 58.3 Å². The highest BCUT2D eigenvalue weighted by molar-refractivity contribution is 6.06. The number of alkyl halides is 6. The molecule has 0 spiro atoms. The van der Waals surface area contributed by atoms with E-state index in [1.54, 1.807) is 116 Å². The molecule has 18 heteroatoms. The number of carbonyl (C=O) groups excluding carboxylic acids is 5. The average Bonchev–Trinajstić information content (AvgIpc) is 3.34. The Morgan fingerprint density at radius 3 is 1.22 bits per heavy atom. The Morgan fingerprint density at radius 1 is 0.514 bits per heavy atom. The number of aliphatic carboxylic acids is 1. The van der Waals surface area contributed by atoms with E-state index in [0.29, 0.717) is 33.9 Å². The molecule has 5 N–H and O–H groups in total. The SMILES string of the molecule is CCOC(=O)CC1(CC(F)(F)F)CCc2cc(-c3ccc(NC(=O)Nc4ccccc4)cc3)ccc2C1=O.O=C(O)CC1(CC(F)(F)F)CCc2cc(-c3ccc(NC(=O)Nc4ccccc4)cc3)ccc2C1=O. The van der Waals surface area contributed by atoms with Crippen molar-refractivity contribution in [3.63, 3.8) is 0 Å². The summed E-state index contributed by atoms with van der Waals surface area (Å²) in [4.78, 5) is 74.2. The van der Waals surface area contributed by atoms with Crippen molar-refractivity contribution in [1.82, 2.24) is 0 Å². The maximum atomic E-state index is 13.4. The van der Waals surface area contributed by atoms with Crippen molar-refractivity contribution in [3.05, 3.63) is 168 Å². The highest BCUT2D eigenvalue weighted by Crippen LogP contribution is 2.48. The van der Waals surface area contributed by atoms with E-state index in [9.17, 15) is 60.2 Å². The second-order valence-corrected chi connectivity index (χ2v) is 18.1. The van der Waals surface area contributed by atoms with Gasteiger partial charge in [0.05, 0.1) is 43.1 Å². The van der Waals surface area contributed by atoms with Crippen LogP contribution in [0.4, 0.5) is 58.7 Å². The monoisotopic (exact) mass is 1020 g/mol. The van der Waals surface area contributed by atoms with Crippen molar-refractivity contribution in [3.8, 4) is 22.3 Å². The minimum Gasteiger partial charge on any atom is -0.481 e. The third-order valence-electron chi connectivity index (χ3n) is 12.8. The highest BCUT2D eigenvalue weighted by Gasteiger charge is 2.52. The summed E-state index contributed by atoms with van der Waals surface area (Å²) in [5.41, 5.74) is 3.28. The first kappa shape index (κ1) is 53.5. The van der Waals surface area contributed by atoms with Gasteiger partial charge in [0.1, 0.15) is 0 Å². The van der Waals surface area contributed by atoms with E-state index < -0.39 is 78.4 Å². The molecule has 384 valence electrons. The lowest BCUT2D eigenvalue weighted by Gasteiger charge is -2.36. The number of carboxylic acid groups (broad SMARTS) is 1. The van der Waals surface area contributed by atoms with E-state index in [-0.39, 0.29) is 49.4 Å². The zero-order valence-corrected chi connectivity index (χ0v) is 39.8. The molecule has 74 heavy (non-hydrogen) atoms. The smallest absolute Gasteiger partial charge is 0.390 e. The summed E-state index contributed by atoms with van der Waals surface area (Å²) in [5.74, 6) is -3.70. The number of benzene rings is 6. The first-order valence-corrected chi connectivity index (χ1v) is 23.5. The maximum absolute atomic E-state index is 13.4. The maximum Gasteiger partial charge on any atom is 0.390 e. The first-order chi connectivity index (χ1) is 35.1. The molecule has 4 amide bonds. The zero-order valence-electron chi connectivity index (χ0n) is 39.8. The number of ether oxygens (including phenoxy) is 1. The van der Waals surface area contributed by atoms with Crippen LogP contribution in [-0.4, -0.2) is 59.6 Å². The summed E-state index contributed by atoms with van der Waals surface area (Å²) < 4.78 is 84.8. The predicted molar refractivity (Wildman–Crippen MR) is 267 cm³/mol. The summed E-state index contributed by atoms with van der Waals surface area (Å²) in [5, 5.41) is 20.1. The van der Waals surface area contributed by atoms with E-state index >= 15 is 0 Å². The van der Waals surface area contributed by atoms with Gasteiger partial charge in [-0.1, -0.05) is 97.1 Å². The zero-order chi connectivity index (χ0) is 53.3. The number of nitrogens with one attached hydrogen (secondary N) is 4. The number of hydrogen-bond acceptors (Lipinski definition) is 7. The predicted octanol–water partition coefficient (Wildman–Crippen LogP) is 13.6. The van der Waals surface area contributed by atoms with Gasteiger partial charge in [-0.2, -0.15) is 26.3 Å². The number of fused-ring (bicyclic) bond motifs is 2. The number of rotatable bonds is 13. The molecule has 2 aliphatic carbocycles. The molecule has 6 aromatic carbocycles. The Balaban J connectivity index is 0.000000217. The number of amides is 4. The Kier molecular flexibility index (Phi) is 16.4. The highest BCUT2D eigenvalue weighted by atomic mass is 19.4. The van der Waals surface area contributed by atoms with E-state index in [1.807, 2.05) is 24.3 Å². The van der Waals surface area contributed by atoms with Crippen LogP contribution in [0.25, 0.3) is 22.3 Å². The van der Waals surface area contributed by atoms with E-state index in [4.69, 9.17) is 4.74 Å². The number of carbonyl (C=O) groups is 6. The number of carboxylic acids is 1. The summed E-state index contributed by atoms with van der Waals surface area (Å²) >= 11 is 0. The Hall–Kier alpha value is -8.28. The number of aryl methyl sites for hydroxylation is 2. The molecule has 2 unspecified atom stereocenters. The summed E-state index contributed by atoms with van der Waals surface area (Å²) in [7, 11) is 0. The molecule has 12 nitrogen and oxygen atoms in total. The van der Waals surface area contributed by atoms with Crippen molar-refractivity contribution in [1.29, 1.82) is 0 Å². The van der Waals surface area contributed by atoms with Gasteiger partial charge >= 0.3 is 36.4 Å². The molecule has 0 bridgehead atoms. The summed E-state index contributed by atoms with van der Waals surface area (Å²) in [6.07, 6.45) is -13.5. The van der Waals surface area contributed by atoms with Gasteiger partial charge in [-0.05, 0) is 115 Å². The molecule has 0 fully saturated rings. The van der Waals surface area contributed by atoms with Crippen LogP contribution < -0.4 is 21.3 Å². The third-order valence-corrected chi connectivity index (χ3v) is 12.8. The van der Waals surface area contributed by atoms with Crippen LogP contribution >= 0.6 is 0 Å². The normalized spacial score (nSPS) is 17.1. The Bertz CT molecular complexity index is 3020. The van der Waals surface area contributed by atoms with Gasteiger partial charge in [0.25, 0.3) is 0 Å². The van der Waals surface area contributed by atoms with Gasteiger partial charge in [-0.15, -0.1) is 0 Å². The molecule has 0 heterocycles. The second-order valence-electron chi connectivity index (χ2n) is 18.1. The van der Waals surface area contributed by atoms with Crippen LogP contribution in [0.3, 0.4) is 0 Å². The lowest BCUT2D eigenvalue weighted by Crippen LogP contribution is -2.42. The molecule has 0 saturated heterocycles. The summed E-state index contributed by atoms with van der Waals surface area (Å²) in [6, 6.07) is 41.1. The van der Waals surface area contributed by atoms with Crippen molar-refractivity contribution < 1.29 is 65.0 Å². The fourth-order valence-corrected chi connectivity index (χ4v) is 9.42. The van der Waals surface area contributed by atoms with Crippen LogP contribution in [0.5, 0.6) is 0 Å². The van der Waals surface area contributed by atoms with Crippen LogP contribution in [-0.2, 0) is 27.2 Å². The van der Waals surface area contributed by atoms with E-state index in [1.165, 1.54) is 12.1 Å². The topological polar surface area (TPSA) is 180 Å². The molecular weight excluding hydrogens is 971 g/mol.